The summed E-state index contributed by atoms with van der Waals surface area (Å²) >= 11 is 1.60. The molecular formula is C24H25NO3S. The smallest absolute Gasteiger partial charge is 0.306 e. The largest absolute Gasteiger partial charge is 0.481 e. The fourth-order valence-electron chi connectivity index (χ4n) is 4.18. The molecule has 1 aromatic heterocycles. The molecule has 0 spiro atoms. The van der Waals surface area contributed by atoms with E-state index in [2.05, 4.69) is 29.2 Å². The van der Waals surface area contributed by atoms with Crippen LogP contribution in [0.5, 0.6) is 0 Å². The Labute approximate surface area is 174 Å². The van der Waals surface area contributed by atoms with E-state index in [9.17, 15) is 9.59 Å². The van der Waals surface area contributed by atoms with E-state index < -0.39 is 5.97 Å². The van der Waals surface area contributed by atoms with Crippen LogP contribution in [0, 0.1) is 11.8 Å². The number of carbonyl (C=O) groups is 2. The highest BCUT2D eigenvalue weighted by atomic mass is 32.1. The lowest BCUT2D eigenvalue weighted by atomic mass is 9.80. The highest BCUT2D eigenvalue weighted by molar-refractivity contribution is 7.18. The van der Waals surface area contributed by atoms with E-state index in [1.54, 1.807) is 11.3 Å². The molecule has 29 heavy (non-hydrogen) atoms. The summed E-state index contributed by atoms with van der Waals surface area (Å²) in [7, 11) is 0. The molecule has 0 atom stereocenters. The summed E-state index contributed by atoms with van der Waals surface area (Å²) in [5.74, 6) is -0.151. The third kappa shape index (κ3) is 4.91. The van der Waals surface area contributed by atoms with Crippen LogP contribution in [0.4, 0.5) is 0 Å². The normalized spacial score (nSPS) is 19.3. The predicted molar refractivity (Wildman–Crippen MR) is 116 cm³/mol. The molecular weight excluding hydrogens is 382 g/mol. The standard InChI is InChI=1S/C24H25NO3S/c26-20(12-8-16-6-9-18(10-7-16)24(27)28)15-23-25-21-13-11-19(14-22(21)29-23)17-4-2-1-3-5-17/h1-5,11,13-14,16,18H,6-10,12,15H2,(H,27,28). The first kappa shape index (κ1) is 19.8. The number of carboxylic acid groups (broad SMARTS) is 1. The summed E-state index contributed by atoms with van der Waals surface area (Å²) in [6.45, 7) is 0. The number of rotatable bonds is 7. The highest BCUT2D eigenvalue weighted by Gasteiger charge is 2.26. The van der Waals surface area contributed by atoms with Crippen LogP contribution in [0.1, 0.15) is 43.5 Å². The molecule has 2 aromatic carbocycles. The summed E-state index contributed by atoms with van der Waals surface area (Å²) in [5.41, 5.74) is 3.29. The quantitative estimate of drug-likeness (QED) is 0.542. The van der Waals surface area contributed by atoms with Gasteiger partial charge in [0, 0.05) is 6.42 Å². The van der Waals surface area contributed by atoms with Crippen LogP contribution in [0.15, 0.2) is 48.5 Å². The van der Waals surface area contributed by atoms with Crippen molar-refractivity contribution in [2.75, 3.05) is 0 Å². The van der Waals surface area contributed by atoms with Gasteiger partial charge in [-0.05, 0) is 61.3 Å². The molecule has 0 unspecified atom stereocenters. The second kappa shape index (κ2) is 8.87. The Hall–Kier alpha value is -2.53. The number of aliphatic carboxylic acids is 1. The zero-order valence-corrected chi connectivity index (χ0v) is 17.2. The van der Waals surface area contributed by atoms with Crippen LogP contribution in [0.2, 0.25) is 0 Å². The molecule has 1 aliphatic carbocycles. The van der Waals surface area contributed by atoms with Crippen molar-refractivity contribution in [1.29, 1.82) is 0 Å². The summed E-state index contributed by atoms with van der Waals surface area (Å²) in [6, 6.07) is 16.5. The van der Waals surface area contributed by atoms with E-state index in [1.165, 1.54) is 5.56 Å². The second-order valence-electron chi connectivity index (χ2n) is 7.97. The van der Waals surface area contributed by atoms with Crippen molar-refractivity contribution in [2.24, 2.45) is 11.8 Å². The maximum Gasteiger partial charge on any atom is 0.306 e. The van der Waals surface area contributed by atoms with Crippen molar-refractivity contribution in [3.05, 3.63) is 53.5 Å². The van der Waals surface area contributed by atoms with Gasteiger partial charge in [-0.25, -0.2) is 4.98 Å². The summed E-state index contributed by atoms with van der Waals surface area (Å²) in [4.78, 5) is 28.2. The number of hydrogen-bond acceptors (Lipinski definition) is 4. The molecule has 0 radical (unpaired) electrons. The lowest BCUT2D eigenvalue weighted by Crippen LogP contribution is -2.21. The predicted octanol–water partition coefficient (Wildman–Crippen LogP) is 5.75. The van der Waals surface area contributed by atoms with E-state index in [1.807, 2.05) is 24.3 Å². The molecule has 150 valence electrons. The number of carbonyl (C=O) groups excluding carboxylic acids is 1. The number of aromatic nitrogens is 1. The Bertz CT molecular complexity index is 1000. The minimum atomic E-state index is -0.675. The van der Waals surface area contributed by atoms with Crippen molar-refractivity contribution in [3.8, 4) is 11.1 Å². The molecule has 4 nitrogen and oxygen atoms in total. The zero-order valence-electron chi connectivity index (χ0n) is 16.3. The molecule has 4 rings (SSSR count). The molecule has 0 saturated heterocycles. The van der Waals surface area contributed by atoms with E-state index in [-0.39, 0.29) is 11.7 Å². The number of nitrogens with zero attached hydrogens (tertiary/aromatic N) is 1. The Balaban J connectivity index is 1.33. The minimum absolute atomic E-state index is 0.189. The molecule has 1 aliphatic rings. The van der Waals surface area contributed by atoms with Crippen molar-refractivity contribution >= 4 is 33.3 Å². The van der Waals surface area contributed by atoms with Crippen molar-refractivity contribution < 1.29 is 14.7 Å². The van der Waals surface area contributed by atoms with Crippen molar-refractivity contribution in [2.45, 2.75) is 44.9 Å². The summed E-state index contributed by atoms with van der Waals surface area (Å²) < 4.78 is 1.11. The van der Waals surface area contributed by atoms with Crippen LogP contribution in [-0.2, 0) is 16.0 Å². The monoisotopic (exact) mass is 407 g/mol. The van der Waals surface area contributed by atoms with Gasteiger partial charge in [-0.15, -0.1) is 11.3 Å². The molecule has 1 N–H and O–H groups in total. The van der Waals surface area contributed by atoms with Crippen LogP contribution in [0.25, 0.3) is 21.3 Å². The average Bonchev–Trinajstić information content (AvgIpc) is 3.14. The van der Waals surface area contributed by atoms with Gasteiger partial charge >= 0.3 is 5.97 Å². The third-order valence-electron chi connectivity index (χ3n) is 5.92. The minimum Gasteiger partial charge on any atom is -0.481 e. The number of hydrogen-bond donors (Lipinski definition) is 1. The van der Waals surface area contributed by atoms with E-state index in [0.29, 0.717) is 18.8 Å². The van der Waals surface area contributed by atoms with Gasteiger partial charge in [0.1, 0.15) is 10.8 Å². The SMILES string of the molecule is O=C(CCC1CCC(C(=O)O)CC1)Cc1nc2ccc(-c3ccccc3)cc2s1. The number of benzene rings is 2. The number of thiazole rings is 1. The maximum absolute atomic E-state index is 12.5. The fourth-order valence-corrected chi connectivity index (χ4v) is 5.21. The fraction of sp³-hybridized carbons (Fsp3) is 0.375. The number of ketones is 1. The van der Waals surface area contributed by atoms with Gasteiger partial charge in [0.2, 0.25) is 0 Å². The van der Waals surface area contributed by atoms with Crippen LogP contribution in [0.3, 0.4) is 0 Å². The van der Waals surface area contributed by atoms with Crippen LogP contribution in [-0.4, -0.2) is 21.8 Å². The van der Waals surface area contributed by atoms with Crippen molar-refractivity contribution in [3.63, 3.8) is 0 Å². The Morgan fingerprint density at radius 2 is 1.76 bits per heavy atom. The maximum atomic E-state index is 12.5. The van der Waals surface area contributed by atoms with Gasteiger partial charge in [0.25, 0.3) is 0 Å². The lowest BCUT2D eigenvalue weighted by Gasteiger charge is -2.25. The molecule has 5 heteroatoms. The van der Waals surface area contributed by atoms with E-state index >= 15 is 0 Å². The van der Waals surface area contributed by atoms with Gasteiger partial charge in [-0.1, -0.05) is 36.4 Å². The number of Topliss-reactive ketones (excluding diaryl/α,β-unsaturated/α-hetero) is 1. The number of carboxylic acids is 1. The van der Waals surface area contributed by atoms with Gasteiger partial charge in [-0.2, -0.15) is 0 Å². The third-order valence-corrected chi connectivity index (χ3v) is 6.93. The van der Waals surface area contributed by atoms with Gasteiger partial charge in [-0.3, -0.25) is 9.59 Å². The molecule has 0 amide bonds. The number of fused-ring (bicyclic) bond motifs is 1. The van der Waals surface area contributed by atoms with Gasteiger partial charge in [0.15, 0.2) is 0 Å². The molecule has 1 saturated carbocycles. The molecule has 3 aromatic rings. The zero-order chi connectivity index (χ0) is 20.2. The van der Waals surface area contributed by atoms with Crippen LogP contribution >= 0.6 is 11.3 Å². The van der Waals surface area contributed by atoms with Gasteiger partial charge < -0.3 is 5.11 Å². The second-order valence-corrected chi connectivity index (χ2v) is 9.08. The first-order valence-corrected chi connectivity index (χ1v) is 11.1. The Morgan fingerprint density at radius 1 is 1.00 bits per heavy atom. The van der Waals surface area contributed by atoms with Gasteiger partial charge in [0.05, 0.1) is 22.6 Å². The van der Waals surface area contributed by atoms with Crippen LogP contribution < -0.4 is 0 Å². The molecule has 0 bridgehead atoms. The first-order valence-electron chi connectivity index (χ1n) is 10.3. The molecule has 1 fully saturated rings. The lowest BCUT2D eigenvalue weighted by molar-refractivity contribution is -0.143. The molecule has 1 heterocycles. The van der Waals surface area contributed by atoms with E-state index in [0.717, 1.165) is 52.9 Å². The summed E-state index contributed by atoms with van der Waals surface area (Å²) in [6.07, 6.45) is 5.17. The first-order chi connectivity index (χ1) is 14.1. The highest BCUT2D eigenvalue weighted by Crippen LogP contribution is 2.32. The Kier molecular flexibility index (Phi) is 6.05. The molecule has 0 aliphatic heterocycles. The topological polar surface area (TPSA) is 67.3 Å². The van der Waals surface area contributed by atoms with E-state index in [4.69, 9.17) is 5.11 Å². The average molecular weight is 408 g/mol. The van der Waals surface area contributed by atoms with Crippen molar-refractivity contribution in [1.82, 2.24) is 4.98 Å². The summed E-state index contributed by atoms with van der Waals surface area (Å²) in [5, 5.41) is 9.97. The Morgan fingerprint density at radius 3 is 2.48 bits per heavy atom.